The van der Waals surface area contributed by atoms with Crippen LogP contribution in [0.4, 0.5) is 0 Å². The minimum atomic E-state index is -0.175. The van der Waals surface area contributed by atoms with Crippen LogP contribution in [0.25, 0.3) is 0 Å². The van der Waals surface area contributed by atoms with Gasteiger partial charge in [0.2, 0.25) is 5.91 Å². The molecule has 0 bridgehead atoms. The minimum absolute atomic E-state index is 0.0725. The maximum Gasteiger partial charge on any atom is 0.254 e. The van der Waals surface area contributed by atoms with Gasteiger partial charge in [0.25, 0.3) is 5.56 Å². The Labute approximate surface area is 131 Å². The van der Waals surface area contributed by atoms with Gasteiger partial charge in [-0.2, -0.15) is 0 Å². The number of nitrogens with one attached hydrogen (secondary N) is 1. The zero-order valence-electron chi connectivity index (χ0n) is 13.5. The molecule has 2 aliphatic rings. The number of rotatable bonds is 2. The van der Waals surface area contributed by atoms with Crippen LogP contribution in [-0.2, 0) is 11.2 Å². The van der Waals surface area contributed by atoms with E-state index >= 15 is 0 Å². The maximum absolute atomic E-state index is 12.6. The van der Waals surface area contributed by atoms with Crippen molar-refractivity contribution >= 4 is 5.91 Å². The number of fused-ring (bicyclic) bond motifs is 1. The number of hydrogen-bond acceptors (Lipinski definition) is 3. The van der Waals surface area contributed by atoms with Crippen molar-refractivity contribution in [3.05, 3.63) is 27.4 Å². The number of piperidine rings is 1. The molecule has 0 radical (unpaired) electrons. The van der Waals surface area contributed by atoms with E-state index in [-0.39, 0.29) is 17.9 Å². The lowest BCUT2D eigenvalue weighted by Gasteiger charge is -2.41. The third-order valence-electron chi connectivity index (χ3n) is 5.31. The molecule has 1 aromatic heterocycles. The zero-order chi connectivity index (χ0) is 15.7. The Morgan fingerprint density at radius 3 is 2.68 bits per heavy atom. The van der Waals surface area contributed by atoms with Gasteiger partial charge in [0.05, 0.1) is 6.42 Å². The first kappa shape index (κ1) is 15.3. The van der Waals surface area contributed by atoms with Crippen molar-refractivity contribution < 1.29 is 4.79 Å². The van der Waals surface area contributed by atoms with Crippen LogP contribution < -0.4 is 5.56 Å². The van der Waals surface area contributed by atoms with E-state index in [0.717, 1.165) is 25.4 Å². The molecule has 2 heterocycles. The minimum Gasteiger partial charge on any atom is -0.342 e. The van der Waals surface area contributed by atoms with E-state index in [1.807, 2.05) is 4.90 Å². The van der Waals surface area contributed by atoms with Gasteiger partial charge in [0.15, 0.2) is 0 Å². The Morgan fingerprint density at radius 1 is 1.23 bits per heavy atom. The van der Waals surface area contributed by atoms with Crippen LogP contribution >= 0.6 is 0 Å². The lowest BCUT2D eigenvalue weighted by atomic mass is 9.75. The molecule has 120 valence electrons. The van der Waals surface area contributed by atoms with Gasteiger partial charge in [-0.25, -0.2) is 4.98 Å². The number of likely N-dealkylation sites (tertiary alicyclic amines) is 1. The summed E-state index contributed by atoms with van der Waals surface area (Å²) in [5.74, 6) is 2.15. The van der Waals surface area contributed by atoms with E-state index in [4.69, 9.17) is 0 Å². The van der Waals surface area contributed by atoms with Gasteiger partial charge >= 0.3 is 0 Å². The Bertz CT molecular complexity index is 623. The lowest BCUT2D eigenvalue weighted by molar-refractivity contribution is -0.133. The summed E-state index contributed by atoms with van der Waals surface area (Å²) in [7, 11) is 0. The van der Waals surface area contributed by atoms with Crippen molar-refractivity contribution in [2.45, 2.75) is 52.4 Å². The van der Waals surface area contributed by atoms with Gasteiger partial charge in [-0.15, -0.1) is 0 Å². The van der Waals surface area contributed by atoms with Crippen molar-refractivity contribution in [1.82, 2.24) is 14.9 Å². The Morgan fingerprint density at radius 2 is 1.95 bits per heavy atom. The average molecular weight is 303 g/mol. The predicted octanol–water partition coefficient (Wildman–Crippen LogP) is 1.97. The molecule has 3 rings (SSSR count). The van der Waals surface area contributed by atoms with E-state index in [0.29, 0.717) is 23.0 Å². The van der Waals surface area contributed by atoms with Crippen LogP contribution in [0.5, 0.6) is 0 Å². The van der Waals surface area contributed by atoms with Crippen LogP contribution in [0.15, 0.2) is 4.79 Å². The van der Waals surface area contributed by atoms with Crippen LogP contribution in [0, 0.1) is 25.7 Å². The molecule has 5 heteroatoms. The molecule has 1 N–H and O–H groups in total. The summed E-state index contributed by atoms with van der Waals surface area (Å²) in [6.07, 6.45) is 6.51. The monoisotopic (exact) mass is 303 g/mol. The molecule has 1 saturated carbocycles. The molecule has 0 unspecified atom stereocenters. The van der Waals surface area contributed by atoms with E-state index < -0.39 is 0 Å². The van der Waals surface area contributed by atoms with Crippen molar-refractivity contribution in [2.24, 2.45) is 11.8 Å². The van der Waals surface area contributed by atoms with E-state index in [1.165, 1.54) is 25.7 Å². The first-order chi connectivity index (χ1) is 10.5. The first-order valence-electron chi connectivity index (χ1n) is 8.38. The van der Waals surface area contributed by atoms with Crippen molar-refractivity contribution in [2.75, 3.05) is 13.1 Å². The number of aromatic nitrogens is 2. The Kier molecular flexibility index (Phi) is 4.32. The van der Waals surface area contributed by atoms with Gasteiger partial charge in [-0.05, 0) is 38.5 Å². The predicted molar refractivity (Wildman–Crippen MR) is 84.7 cm³/mol. The normalized spacial score (nSPS) is 24.9. The van der Waals surface area contributed by atoms with Gasteiger partial charge in [0.1, 0.15) is 5.82 Å². The summed E-state index contributed by atoms with van der Waals surface area (Å²) < 4.78 is 0. The number of carbonyl (C=O) groups excluding carboxylic acids is 1. The number of amides is 1. The number of H-pyrrole nitrogens is 1. The van der Waals surface area contributed by atoms with Gasteiger partial charge in [-0.1, -0.05) is 19.3 Å². The number of hydrogen-bond donors (Lipinski definition) is 1. The summed E-state index contributed by atoms with van der Waals surface area (Å²) in [5, 5.41) is 0. The number of carbonyl (C=O) groups is 1. The molecular weight excluding hydrogens is 278 g/mol. The third-order valence-corrected chi connectivity index (χ3v) is 5.31. The fourth-order valence-electron chi connectivity index (χ4n) is 4.05. The largest absolute Gasteiger partial charge is 0.342 e. The quantitative estimate of drug-likeness (QED) is 0.908. The Balaban J connectivity index is 1.69. The van der Waals surface area contributed by atoms with Crippen LogP contribution in [0.3, 0.4) is 0 Å². The fraction of sp³-hybridized carbons (Fsp3) is 0.706. The summed E-state index contributed by atoms with van der Waals surface area (Å²) in [5.41, 5.74) is 1.01. The smallest absolute Gasteiger partial charge is 0.254 e. The molecule has 0 aromatic carbocycles. The summed E-state index contributed by atoms with van der Waals surface area (Å²) in [6, 6.07) is 0. The molecule has 1 amide bonds. The molecule has 1 aliphatic carbocycles. The topological polar surface area (TPSA) is 66.1 Å². The van der Waals surface area contributed by atoms with Crippen LogP contribution in [-0.4, -0.2) is 33.9 Å². The molecule has 1 aromatic rings. The highest BCUT2D eigenvalue weighted by Crippen LogP contribution is 2.36. The zero-order valence-corrected chi connectivity index (χ0v) is 13.5. The molecule has 1 saturated heterocycles. The van der Waals surface area contributed by atoms with Crippen molar-refractivity contribution in [3.63, 3.8) is 0 Å². The maximum atomic E-state index is 12.6. The summed E-state index contributed by atoms with van der Waals surface area (Å²) in [6.45, 7) is 5.28. The number of aromatic amines is 1. The molecular formula is C17H25N3O2. The van der Waals surface area contributed by atoms with E-state index in [1.54, 1.807) is 13.8 Å². The Hall–Kier alpha value is -1.65. The van der Waals surface area contributed by atoms with E-state index in [2.05, 4.69) is 9.97 Å². The highest BCUT2D eigenvalue weighted by atomic mass is 16.2. The second kappa shape index (κ2) is 6.23. The first-order valence-corrected chi connectivity index (χ1v) is 8.38. The van der Waals surface area contributed by atoms with E-state index in [9.17, 15) is 9.59 Å². The molecule has 2 atom stereocenters. The summed E-state index contributed by atoms with van der Waals surface area (Å²) >= 11 is 0. The molecule has 2 fully saturated rings. The van der Waals surface area contributed by atoms with Gasteiger partial charge in [-0.3, -0.25) is 9.59 Å². The number of nitrogens with zero attached hydrogens (tertiary/aromatic N) is 2. The SMILES string of the molecule is Cc1nc(C)c(CC(=O)N2CC[C@H]3CCCC[C@@H]3C2)c(=O)[nH]1. The lowest BCUT2D eigenvalue weighted by Crippen LogP contribution is -2.45. The second-order valence-electron chi connectivity index (χ2n) is 6.83. The highest BCUT2D eigenvalue weighted by molar-refractivity contribution is 5.79. The van der Waals surface area contributed by atoms with Gasteiger partial charge in [0, 0.05) is 24.3 Å². The molecule has 0 spiro atoms. The summed E-state index contributed by atoms with van der Waals surface area (Å²) in [4.78, 5) is 33.5. The van der Waals surface area contributed by atoms with Crippen molar-refractivity contribution in [1.29, 1.82) is 0 Å². The van der Waals surface area contributed by atoms with Crippen molar-refractivity contribution in [3.8, 4) is 0 Å². The second-order valence-corrected chi connectivity index (χ2v) is 6.83. The fourth-order valence-corrected chi connectivity index (χ4v) is 4.05. The molecule has 5 nitrogen and oxygen atoms in total. The molecule has 1 aliphatic heterocycles. The highest BCUT2D eigenvalue weighted by Gasteiger charge is 2.33. The van der Waals surface area contributed by atoms with Crippen LogP contribution in [0.1, 0.15) is 49.2 Å². The molecule has 22 heavy (non-hydrogen) atoms. The van der Waals surface area contributed by atoms with Crippen LogP contribution in [0.2, 0.25) is 0 Å². The third kappa shape index (κ3) is 3.08. The average Bonchev–Trinajstić information content (AvgIpc) is 2.50. The number of aryl methyl sites for hydroxylation is 2. The van der Waals surface area contributed by atoms with Gasteiger partial charge < -0.3 is 9.88 Å². The standard InChI is InChI=1S/C17H25N3O2/c1-11-15(17(22)19-12(2)18-11)9-16(21)20-8-7-13-5-3-4-6-14(13)10-20/h13-14H,3-10H2,1-2H3,(H,18,19,22)/t13-,14-/m1/s1.